The second-order valence-corrected chi connectivity index (χ2v) is 4.56. The third-order valence-electron chi connectivity index (χ3n) is 2.25. The summed E-state index contributed by atoms with van der Waals surface area (Å²) in [4.78, 5) is 21.3. The number of nitrogens with zero attached hydrogens (tertiary/aromatic N) is 3. The Hall–Kier alpha value is -1.01. The van der Waals surface area contributed by atoms with Crippen molar-refractivity contribution in [1.82, 2.24) is 14.9 Å². The summed E-state index contributed by atoms with van der Waals surface area (Å²) in [6.45, 7) is 5.30. The average molecular weight is 275 g/mol. The summed E-state index contributed by atoms with van der Waals surface area (Å²) in [5, 5.41) is 0.767. The van der Waals surface area contributed by atoms with Crippen LogP contribution in [0.5, 0.6) is 0 Å². The number of hydrogen-bond acceptors (Lipinski definition) is 5. The SMILES string of the molecule is CCN(CC)C(=O)CSc1ncnc(Cl)c1N. The monoisotopic (exact) mass is 274 g/mol. The maximum atomic E-state index is 11.8. The Morgan fingerprint density at radius 3 is 2.71 bits per heavy atom. The normalized spacial score (nSPS) is 10.3. The van der Waals surface area contributed by atoms with E-state index in [1.54, 1.807) is 4.90 Å². The molecule has 94 valence electrons. The van der Waals surface area contributed by atoms with Gasteiger partial charge in [0.2, 0.25) is 5.91 Å². The van der Waals surface area contributed by atoms with Gasteiger partial charge in [0.1, 0.15) is 17.0 Å². The van der Waals surface area contributed by atoms with Crippen molar-refractivity contribution in [1.29, 1.82) is 0 Å². The summed E-state index contributed by atoms with van der Waals surface area (Å²) in [6.07, 6.45) is 1.34. The molecule has 1 heterocycles. The fourth-order valence-corrected chi connectivity index (χ4v) is 2.28. The molecule has 5 nitrogen and oxygen atoms in total. The van der Waals surface area contributed by atoms with E-state index < -0.39 is 0 Å². The highest BCUT2D eigenvalue weighted by Crippen LogP contribution is 2.26. The number of hydrogen-bond donors (Lipinski definition) is 1. The van der Waals surface area contributed by atoms with Gasteiger partial charge in [0, 0.05) is 13.1 Å². The summed E-state index contributed by atoms with van der Waals surface area (Å²) in [6, 6.07) is 0. The zero-order chi connectivity index (χ0) is 12.8. The van der Waals surface area contributed by atoms with Crippen LogP contribution >= 0.6 is 23.4 Å². The molecule has 0 saturated carbocycles. The first-order chi connectivity index (χ1) is 8.10. The number of halogens is 1. The number of anilines is 1. The van der Waals surface area contributed by atoms with E-state index in [1.165, 1.54) is 18.1 Å². The summed E-state index contributed by atoms with van der Waals surface area (Å²) in [7, 11) is 0. The molecule has 17 heavy (non-hydrogen) atoms. The fourth-order valence-electron chi connectivity index (χ4n) is 1.27. The molecule has 1 rings (SSSR count). The second kappa shape index (κ2) is 6.66. The molecular formula is C10H15ClN4OS. The Morgan fingerprint density at radius 1 is 1.47 bits per heavy atom. The van der Waals surface area contributed by atoms with E-state index in [9.17, 15) is 4.79 Å². The Morgan fingerprint density at radius 2 is 2.12 bits per heavy atom. The summed E-state index contributed by atoms with van der Waals surface area (Å²) in [5.74, 6) is 0.369. The third kappa shape index (κ3) is 3.74. The van der Waals surface area contributed by atoms with Crippen LogP contribution in [-0.4, -0.2) is 39.6 Å². The van der Waals surface area contributed by atoms with Gasteiger partial charge in [-0.25, -0.2) is 9.97 Å². The lowest BCUT2D eigenvalue weighted by molar-refractivity contribution is -0.127. The molecule has 0 bridgehead atoms. The molecule has 2 N–H and O–H groups in total. The molecule has 0 unspecified atom stereocenters. The minimum atomic E-state index is 0.0640. The number of nitrogen functional groups attached to an aromatic ring is 1. The molecule has 0 aliphatic carbocycles. The van der Waals surface area contributed by atoms with Crippen molar-refractivity contribution >= 4 is 35.0 Å². The highest BCUT2D eigenvalue weighted by atomic mass is 35.5. The maximum Gasteiger partial charge on any atom is 0.232 e. The Labute approximate surface area is 110 Å². The van der Waals surface area contributed by atoms with Crippen molar-refractivity contribution in [2.75, 3.05) is 24.6 Å². The van der Waals surface area contributed by atoms with Crippen LogP contribution in [0, 0.1) is 0 Å². The number of thioether (sulfide) groups is 1. The molecule has 1 amide bonds. The molecule has 0 aliphatic heterocycles. The van der Waals surface area contributed by atoms with Gasteiger partial charge in [-0.3, -0.25) is 4.79 Å². The molecule has 0 aliphatic rings. The van der Waals surface area contributed by atoms with Crippen molar-refractivity contribution in [2.24, 2.45) is 0 Å². The molecule has 1 aromatic rings. The molecule has 0 saturated heterocycles. The first kappa shape index (κ1) is 14.1. The number of amides is 1. The predicted octanol–water partition coefficient (Wildman–Crippen LogP) is 1.67. The van der Waals surface area contributed by atoms with Crippen molar-refractivity contribution in [3.05, 3.63) is 11.5 Å². The van der Waals surface area contributed by atoms with Crippen molar-refractivity contribution in [3.8, 4) is 0 Å². The van der Waals surface area contributed by atoms with Crippen molar-refractivity contribution in [2.45, 2.75) is 18.9 Å². The van der Waals surface area contributed by atoms with Crippen LogP contribution in [0.25, 0.3) is 0 Å². The zero-order valence-electron chi connectivity index (χ0n) is 9.81. The standard InChI is InChI=1S/C10H15ClN4OS/c1-3-15(4-2)7(16)5-17-10-8(12)9(11)13-6-14-10/h6H,3-5,12H2,1-2H3. The van der Waals surface area contributed by atoms with Gasteiger partial charge in [-0.1, -0.05) is 23.4 Å². The van der Waals surface area contributed by atoms with Gasteiger partial charge in [0.05, 0.1) is 5.75 Å². The van der Waals surface area contributed by atoms with Crippen LogP contribution in [-0.2, 0) is 4.79 Å². The molecular weight excluding hydrogens is 260 g/mol. The van der Waals surface area contributed by atoms with Crippen LogP contribution < -0.4 is 5.73 Å². The summed E-state index contributed by atoms with van der Waals surface area (Å²) < 4.78 is 0. The highest BCUT2D eigenvalue weighted by Gasteiger charge is 2.12. The first-order valence-electron chi connectivity index (χ1n) is 5.26. The van der Waals surface area contributed by atoms with Gasteiger partial charge >= 0.3 is 0 Å². The molecule has 1 aromatic heterocycles. The van der Waals surface area contributed by atoms with E-state index in [0.29, 0.717) is 29.6 Å². The van der Waals surface area contributed by atoms with Crippen molar-refractivity contribution in [3.63, 3.8) is 0 Å². The van der Waals surface area contributed by atoms with E-state index in [-0.39, 0.29) is 11.1 Å². The molecule has 0 spiro atoms. The Kier molecular flexibility index (Phi) is 5.50. The van der Waals surface area contributed by atoms with Crippen LogP contribution in [0.4, 0.5) is 5.69 Å². The predicted molar refractivity (Wildman–Crippen MR) is 70.1 cm³/mol. The van der Waals surface area contributed by atoms with E-state index in [1.807, 2.05) is 13.8 Å². The molecule has 0 radical (unpaired) electrons. The van der Waals surface area contributed by atoms with E-state index >= 15 is 0 Å². The van der Waals surface area contributed by atoms with Crippen LogP contribution in [0.2, 0.25) is 5.15 Å². The van der Waals surface area contributed by atoms with Crippen LogP contribution in [0.1, 0.15) is 13.8 Å². The second-order valence-electron chi connectivity index (χ2n) is 3.24. The number of carbonyl (C=O) groups is 1. The Bertz CT molecular complexity index is 398. The van der Waals surface area contributed by atoms with Crippen LogP contribution in [0.3, 0.4) is 0 Å². The average Bonchev–Trinajstić information content (AvgIpc) is 2.32. The van der Waals surface area contributed by atoms with E-state index in [2.05, 4.69) is 9.97 Å². The minimum Gasteiger partial charge on any atom is -0.394 e. The fraction of sp³-hybridized carbons (Fsp3) is 0.500. The molecule has 0 aromatic carbocycles. The number of carbonyl (C=O) groups excluding carboxylic acids is 1. The van der Waals surface area contributed by atoms with Gasteiger partial charge in [0.15, 0.2) is 5.15 Å². The van der Waals surface area contributed by atoms with E-state index in [4.69, 9.17) is 17.3 Å². The lowest BCUT2D eigenvalue weighted by atomic mass is 10.5. The van der Waals surface area contributed by atoms with Gasteiger partial charge in [-0.2, -0.15) is 0 Å². The lowest BCUT2D eigenvalue weighted by Gasteiger charge is -2.18. The van der Waals surface area contributed by atoms with Gasteiger partial charge in [0.25, 0.3) is 0 Å². The molecule has 0 atom stereocenters. The smallest absolute Gasteiger partial charge is 0.232 e. The quantitative estimate of drug-likeness (QED) is 0.653. The zero-order valence-corrected chi connectivity index (χ0v) is 11.4. The summed E-state index contributed by atoms with van der Waals surface area (Å²) in [5.41, 5.74) is 6.03. The minimum absolute atomic E-state index is 0.0640. The number of rotatable bonds is 5. The number of nitrogens with two attached hydrogens (primary N) is 1. The van der Waals surface area contributed by atoms with Gasteiger partial charge in [-0.05, 0) is 13.8 Å². The topological polar surface area (TPSA) is 72.1 Å². The Balaban J connectivity index is 2.61. The lowest BCUT2D eigenvalue weighted by Crippen LogP contribution is -2.31. The van der Waals surface area contributed by atoms with E-state index in [0.717, 1.165) is 0 Å². The summed E-state index contributed by atoms with van der Waals surface area (Å²) >= 11 is 7.04. The third-order valence-corrected chi connectivity index (χ3v) is 3.54. The molecule has 0 fully saturated rings. The number of aromatic nitrogens is 2. The van der Waals surface area contributed by atoms with Gasteiger partial charge in [-0.15, -0.1) is 0 Å². The van der Waals surface area contributed by atoms with Gasteiger partial charge < -0.3 is 10.6 Å². The largest absolute Gasteiger partial charge is 0.394 e. The van der Waals surface area contributed by atoms with Crippen LogP contribution in [0.15, 0.2) is 11.4 Å². The molecule has 7 heteroatoms. The highest BCUT2D eigenvalue weighted by molar-refractivity contribution is 8.00. The first-order valence-corrected chi connectivity index (χ1v) is 6.63. The maximum absolute atomic E-state index is 11.8. The van der Waals surface area contributed by atoms with Crippen molar-refractivity contribution < 1.29 is 4.79 Å².